The lowest BCUT2D eigenvalue weighted by atomic mass is 10.00. The van der Waals surface area contributed by atoms with Crippen molar-refractivity contribution >= 4 is 37.9 Å². The van der Waals surface area contributed by atoms with Gasteiger partial charge in [-0.15, -0.1) is 0 Å². The first kappa shape index (κ1) is 28.7. The van der Waals surface area contributed by atoms with Crippen LogP contribution in [0.1, 0.15) is 13.2 Å². The quantitative estimate of drug-likeness (QED) is 0.144. The third-order valence-corrected chi connectivity index (χ3v) is 6.62. The number of nitrogen functional groups attached to an aromatic ring is 1. The number of aromatic nitrogens is 4. The molecule has 9 atom stereocenters. The van der Waals surface area contributed by atoms with Crippen LogP contribution in [0.15, 0.2) is 11.1 Å². The Morgan fingerprint density at radius 1 is 1.08 bits per heavy atom. The number of fused-ring (bicyclic) bond motifs is 1. The van der Waals surface area contributed by atoms with Gasteiger partial charge in [-0.1, -0.05) is 0 Å². The minimum atomic E-state index is -5.29. The van der Waals surface area contributed by atoms with Gasteiger partial charge in [0.1, 0.15) is 30.5 Å². The Balaban J connectivity index is 1.77. The van der Waals surface area contributed by atoms with E-state index < -0.39 is 88.2 Å². The van der Waals surface area contributed by atoms with Crippen molar-refractivity contribution in [3.05, 3.63) is 16.7 Å². The zero-order valence-corrected chi connectivity index (χ0v) is 20.7. The van der Waals surface area contributed by atoms with E-state index in [9.17, 15) is 41.5 Å². The number of hydrogen-bond donors (Lipinski definition) is 7. The number of nitrogens with zero attached hydrogens (tertiary/aromatic N) is 3. The van der Waals surface area contributed by atoms with Gasteiger partial charge in [-0.3, -0.25) is 23.5 Å². The molecule has 4 heterocycles. The first-order valence-electron chi connectivity index (χ1n) is 10.6. The SMILES string of the molecule is C[C@@H]1O[C@@H](O[C@H]2[C@@H](OS(=O)(=O)O)[C@H](n3cnc4c(=O)[nH]c(N)nc43)O[C@@H]2COS(=O)(=O)O)[C@@H](O)[C@H](O)[C@@H]1O. The van der Waals surface area contributed by atoms with Crippen LogP contribution >= 0.6 is 0 Å². The van der Waals surface area contributed by atoms with Crippen molar-refractivity contribution < 1.29 is 63.8 Å². The first-order valence-corrected chi connectivity index (χ1v) is 13.3. The minimum absolute atomic E-state index is 0.253. The molecular formula is C16H23N5O15S2. The van der Waals surface area contributed by atoms with Crippen molar-refractivity contribution in [3.8, 4) is 0 Å². The van der Waals surface area contributed by atoms with E-state index in [-0.39, 0.29) is 17.1 Å². The number of ether oxygens (including phenoxy) is 3. The molecule has 0 radical (unpaired) electrons. The fraction of sp³-hybridized carbons (Fsp3) is 0.688. The van der Waals surface area contributed by atoms with Crippen LogP contribution in [0.4, 0.5) is 5.95 Å². The van der Waals surface area contributed by atoms with Crippen molar-refractivity contribution in [1.82, 2.24) is 19.5 Å². The van der Waals surface area contributed by atoms with E-state index in [4.69, 9.17) is 28.7 Å². The van der Waals surface area contributed by atoms with E-state index in [2.05, 4.69) is 19.1 Å². The second kappa shape index (κ2) is 10.3. The summed E-state index contributed by atoms with van der Waals surface area (Å²) in [6, 6.07) is 0. The fourth-order valence-corrected chi connectivity index (χ4v) is 4.83. The highest BCUT2D eigenvalue weighted by atomic mass is 32.3. The van der Waals surface area contributed by atoms with E-state index in [1.165, 1.54) is 6.92 Å². The van der Waals surface area contributed by atoms with E-state index in [1.54, 1.807) is 0 Å². The van der Waals surface area contributed by atoms with Crippen LogP contribution in [-0.4, -0.2) is 116 Å². The molecule has 4 rings (SSSR count). The molecule has 2 fully saturated rings. The molecule has 2 aliphatic rings. The van der Waals surface area contributed by atoms with Gasteiger partial charge in [0, 0.05) is 0 Å². The summed E-state index contributed by atoms with van der Waals surface area (Å²) in [5.74, 6) is -0.367. The number of nitrogens with two attached hydrogens (primary N) is 1. The van der Waals surface area contributed by atoms with Gasteiger partial charge in [0.05, 0.1) is 19.0 Å². The smallest absolute Gasteiger partial charge is 0.388 e. The highest BCUT2D eigenvalue weighted by Crippen LogP contribution is 2.38. The van der Waals surface area contributed by atoms with Crippen molar-refractivity contribution in [2.45, 2.75) is 62.2 Å². The molecule has 2 aromatic heterocycles. The van der Waals surface area contributed by atoms with Crippen molar-refractivity contribution in [2.75, 3.05) is 12.3 Å². The summed E-state index contributed by atoms with van der Waals surface area (Å²) in [5.41, 5.74) is 4.26. The lowest BCUT2D eigenvalue weighted by Crippen LogP contribution is -2.59. The van der Waals surface area contributed by atoms with Crippen LogP contribution in [0.5, 0.6) is 0 Å². The average molecular weight is 590 g/mol. The summed E-state index contributed by atoms with van der Waals surface area (Å²) in [6.07, 6.45) is -14.3. The van der Waals surface area contributed by atoms with Gasteiger partial charge in [-0.25, -0.2) is 13.4 Å². The number of imidazole rings is 1. The standard InChI is InChI=1S/C16H23N5O15S2/c1-4-7(22)8(23)9(24)15(33-4)35-10-5(2-32-37(26,27)28)34-14(11(10)36-38(29,30)31)21-3-18-6-12(21)19-16(17)20-13(6)25/h3-5,7-11,14-15,22-24H,2H2,1H3,(H,26,27,28)(H,29,30,31)(H3,17,19,20,25)/t4-,5+,7+,8+,9-,10+,11+,14+,15-/m0/s1. The molecule has 20 nitrogen and oxygen atoms in total. The summed E-state index contributed by atoms with van der Waals surface area (Å²) < 4.78 is 91.0. The van der Waals surface area contributed by atoms with Crippen LogP contribution in [0.2, 0.25) is 0 Å². The number of nitrogens with one attached hydrogen (secondary N) is 1. The Bertz CT molecular complexity index is 1440. The maximum Gasteiger partial charge on any atom is 0.397 e. The summed E-state index contributed by atoms with van der Waals surface area (Å²) in [6.45, 7) is 0.290. The second-order valence-electron chi connectivity index (χ2n) is 8.32. The van der Waals surface area contributed by atoms with E-state index in [0.29, 0.717) is 0 Å². The molecule has 8 N–H and O–H groups in total. The fourth-order valence-electron chi connectivity index (χ4n) is 4.04. The summed E-state index contributed by atoms with van der Waals surface area (Å²) in [7, 11) is -10.4. The van der Waals surface area contributed by atoms with E-state index >= 15 is 0 Å². The molecule has 214 valence electrons. The third-order valence-electron chi connectivity index (χ3n) is 5.72. The molecule has 38 heavy (non-hydrogen) atoms. The zero-order valence-electron chi connectivity index (χ0n) is 19.0. The van der Waals surface area contributed by atoms with Crippen molar-refractivity contribution in [1.29, 1.82) is 0 Å². The molecule has 0 spiro atoms. The molecule has 2 saturated heterocycles. The Hall–Kier alpha value is -2.35. The second-order valence-corrected chi connectivity index (χ2v) is 10.5. The van der Waals surface area contributed by atoms with E-state index in [0.717, 1.165) is 10.9 Å². The van der Waals surface area contributed by atoms with Gasteiger partial charge in [-0.05, 0) is 6.92 Å². The van der Waals surface area contributed by atoms with Crippen LogP contribution < -0.4 is 11.3 Å². The molecule has 2 aromatic rings. The summed E-state index contributed by atoms with van der Waals surface area (Å²) >= 11 is 0. The Labute approximate surface area is 212 Å². The molecule has 0 bridgehead atoms. The highest BCUT2D eigenvalue weighted by molar-refractivity contribution is 7.81. The monoisotopic (exact) mass is 589 g/mol. The zero-order chi connectivity index (χ0) is 28.2. The summed E-state index contributed by atoms with van der Waals surface area (Å²) in [5, 5.41) is 30.4. The number of aliphatic hydroxyl groups is 3. The predicted octanol–water partition coefficient (Wildman–Crippen LogP) is -4.18. The Morgan fingerprint density at radius 2 is 1.76 bits per heavy atom. The largest absolute Gasteiger partial charge is 0.397 e. The van der Waals surface area contributed by atoms with Crippen molar-refractivity contribution in [2.24, 2.45) is 0 Å². The minimum Gasteiger partial charge on any atom is -0.388 e. The van der Waals surface area contributed by atoms with Crippen molar-refractivity contribution in [3.63, 3.8) is 0 Å². The van der Waals surface area contributed by atoms with Gasteiger partial charge in [0.2, 0.25) is 5.95 Å². The van der Waals surface area contributed by atoms with Crippen LogP contribution in [0.3, 0.4) is 0 Å². The lowest BCUT2D eigenvalue weighted by Gasteiger charge is -2.40. The van der Waals surface area contributed by atoms with E-state index in [1.807, 2.05) is 0 Å². The number of aromatic amines is 1. The molecule has 2 aliphatic heterocycles. The summed E-state index contributed by atoms with van der Waals surface area (Å²) in [4.78, 5) is 22.1. The third kappa shape index (κ3) is 5.95. The number of rotatable bonds is 8. The molecule has 0 saturated carbocycles. The lowest BCUT2D eigenvalue weighted by molar-refractivity contribution is -0.310. The number of H-pyrrole nitrogens is 1. The predicted molar refractivity (Wildman–Crippen MR) is 118 cm³/mol. The maximum atomic E-state index is 12.2. The van der Waals surface area contributed by atoms with Gasteiger partial charge in [0.15, 0.2) is 29.8 Å². The van der Waals surface area contributed by atoms with Gasteiger partial charge >= 0.3 is 20.8 Å². The maximum absolute atomic E-state index is 12.2. The van der Waals surface area contributed by atoms with Gasteiger partial charge in [-0.2, -0.15) is 21.8 Å². The number of hydrogen-bond acceptors (Lipinski definition) is 16. The first-order chi connectivity index (χ1) is 17.6. The average Bonchev–Trinajstić information content (AvgIpc) is 3.34. The molecular weight excluding hydrogens is 566 g/mol. The number of anilines is 1. The van der Waals surface area contributed by atoms with Crippen LogP contribution in [-0.2, 0) is 43.4 Å². The van der Waals surface area contributed by atoms with Crippen LogP contribution in [0, 0.1) is 0 Å². The molecule has 0 aliphatic carbocycles. The Morgan fingerprint density at radius 3 is 2.39 bits per heavy atom. The molecule has 0 unspecified atom stereocenters. The molecule has 22 heteroatoms. The molecule has 0 aromatic carbocycles. The molecule has 0 amide bonds. The normalized spacial score (nSPS) is 34.6. The van der Waals surface area contributed by atoms with Gasteiger partial charge < -0.3 is 35.3 Å². The van der Waals surface area contributed by atoms with Crippen LogP contribution in [0.25, 0.3) is 11.2 Å². The van der Waals surface area contributed by atoms with Gasteiger partial charge in [0.25, 0.3) is 5.56 Å². The highest BCUT2D eigenvalue weighted by Gasteiger charge is 2.53. The Kier molecular flexibility index (Phi) is 7.78. The number of aliphatic hydroxyl groups excluding tert-OH is 3. The topological polar surface area (TPSA) is 305 Å².